The van der Waals surface area contributed by atoms with Crippen molar-refractivity contribution in [2.45, 2.75) is 25.4 Å². The Hall–Kier alpha value is -1.10. The molecule has 1 unspecified atom stereocenters. The third-order valence-electron chi connectivity index (χ3n) is 2.66. The molecule has 4 nitrogen and oxygen atoms in total. The lowest BCUT2D eigenvalue weighted by atomic mass is 10.1. The van der Waals surface area contributed by atoms with Crippen molar-refractivity contribution in [2.24, 2.45) is 0 Å². The van der Waals surface area contributed by atoms with Crippen LogP contribution in [0, 0.1) is 0 Å². The van der Waals surface area contributed by atoms with Crippen molar-refractivity contribution in [3.8, 4) is 5.75 Å². The highest BCUT2D eigenvalue weighted by molar-refractivity contribution is 5.27. The van der Waals surface area contributed by atoms with Crippen LogP contribution < -0.4 is 10.1 Å². The molecule has 3 N–H and O–H groups in total. The van der Waals surface area contributed by atoms with Crippen LogP contribution in [-0.2, 0) is 6.42 Å². The highest BCUT2D eigenvalue weighted by atomic mass is 16.5. The van der Waals surface area contributed by atoms with Gasteiger partial charge in [-0.15, -0.1) is 0 Å². The molecule has 17 heavy (non-hydrogen) atoms. The van der Waals surface area contributed by atoms with E-state index in [1.807, 2.05) is 31.2 Å². The van der Waals surface area contributed by atoms with E-state index < -0.39 is 0 Å². The van der Waals surface area contributed by atoms with Gasteiger partial charge in [0.25, 0.3) is 0 Å². The minimum atomic E-state index is -0.247. The molecule has 0 aliphatic carbocycles. The molecule has 96 valence electrons. The summed E-state index contributed by atoms with van der Waals surface area (Å²) in [4.78, 5) is 0. The first-order valence-corrected chi connectivity index (χ1v) is 5.80. The van der Waals surface area contributed by atoms with Gasteiger partial charge in [-0.05, 0) is 31.0 Å². The van der Waals surface area contributed by atoms with Crippen LogP contribution in [0.5, 0.6) is 5.75 Å². The van der Waals surface area contributed by atoms with Gasteiger partial charge >= 0.3 is 0 Å². The fourth-order valence-electron chi connectivity index (χ4n) is 1.74. The van der Waals surface area contributed by atoms with E-state index in [2.05, 4.69) is 5.32 Å². The summed E-state index contributed by atoms with van der Waals surface area (Å²) in [5.41, 5.74) is 1.19. The van der Waals surface area contributed by atoms with E-state index in [0.29, 0.717) is 0 Å². The molecule has 0 saturated heterocycles. The summed E-state index contributed by atoms with van der Waals surface area (Å²) in [5.74, 6) is 0.845. The number of nitrogens with one attached hydrogen (secondary N) is 1. The Bertz CT molecular complexity index is 309. The lowest BCUT2D eigenvalue weighted by Crippen LogP contribution is -2.42. The number of rotatable bonds is 7. The number of aliphatic hydroxyl groups is 2. The van der Waals surface area contributed by atoms with E-state index in [4.69, 9.17) is 14.9 Å². The molecule has 0 bridgehead atoms. The van der Waals surface area contributed by atoms with E-state index in [1.165, 1.54) is 5.56 Å². The summed E-state index contributed by atoms with van der Waals surface area (Å²) >= 11 is 0. The van der Waals surface area contributed by atoms with E-state index in [1.54, 1.807) is 7.11 Å². The van der Waals surface area contributed by atoms with Crippen molar-refractivity contribution >= 4 is 0 Å². The van der Waals surface area contributed by atoms with Gasteiger partial charge in [0, 0.05) is 6.04 Å². The molecule has 1 rings (SSSR count). The third-order valence-corrected chi connectivity index (χ3v) is 2.66. The van der Waals surface area contributed by atoms with Gasteiger partial charge in [0.15, 0.2) is 0 Å². The summed E-state index contributed by atoms with van der Waals surface area (Å²) in [5, 5.41) is 21.1. The summed E-state index contributed by atoms with van der Waals surface area (Å²) in [6.45, 7) is 1.93. The quantitative estimate of drug-likeness (QED) is 0.651. The molecule has 0 spiro atoms. The van der Waals surface area contributed by atoms with Crippen LogP contribution in [-0.4, -0.2) is 42.6 Å². The van der Waals surface area contributed by atoms with Crippen LogP contribution in [0.15, 0.2) is 24.3 Å². The zero-order valence-corrected chi connectivity index (χ0v) is 10.4. The fourth-order valence-corrected chi connectivity index (χ4v) is 1.74. The second-order valence-corrected chi connectivity index (χ2v) is 4.18. The number of aliphatic hydroxyl groups excluding tert-OH is 2. The Kier molecular flexibility index (Phi) is 5.97. The van der Waals surface area contributed by atoms with E-state index in [-0.39, 0.29) is 25.3 Å². The normalized spacial score (nSPS) is 12.8. The first-order chi connectivity index (χ1) is 8.19. The summed E-state index contributed by atoms with van der Waals surface area (Å²) in [6.07, 6.45) is 0.848. The topological polar surface area (TPSA) is 61.7 Å². The lowest BCUT2D eigenvalue weighted by molar-refractivity contribution is 0.163. The molecule has 0 aliphatic rings. The van der Waals surface area contributed by atoms with Crippen molar-refractivity contribution in [1.82, 2.24) is 5.32 Å². The van der Waals surface area contributed by atoms with Gasteiger partial charge in [0.05, 0.1) is 26.4 Å². The maximum atomic E-state index is 8.97. The molecule has 0 saturated carbocycles. The number of methoxy groups -OCH3 is 1. The Morgan fingerprint density at radius 2 is 1.76 bits per heavy atom. The lowest BCUT2D eigenvalue weighted by Gasteiger charge is -2.20. The minimum Gasteiger partial charge on any atom is -0.497 e. The zero-order valence-electron chi connectivity index (χ0n) is 10.4. The molecular weight excluding hydrogens is 218 g/mol. The van der Waals surface area contributed by atoms with Gasteiger partial charge in [-0.3, -0.25) is 0 Å². The molecule has 0 radical (unpaired) electrons. The average molecular weight is 239 g/mol. The van der Waals surface area contributed by atoms with Crippen LogP contribution >= 0.6 is 0 Å². The average Bonchev–Trinajstić information content (AvgIpc) is 2.37. The molecule has 0 aromatic heterocycles. The monoisotopic (exact) mass is 239 g/mol. The SMILES string of the molecule is COc1ccc(CC(C)NC(CO)CO)cc1. The van der Waals surface area contributed by atoms with Crippen molar-refractivity contribution in [3.63, 3.8) is 0 Å². The standard InChI is InChI=1S/C13H21NO3/c1-10(14-12(8-15)9-16)7-11-3-5-13(17-2)6-4-11/h3-6,10,12,14-16H,7-9H2,1-2H3. The molecular formula is C13H21NO3. The smallest absolute Gasteiger partial charge is 0.118 e. The van der Waals surface area contributed by atoms with Crippen molar-refractivity contribution in [1.29, 1.82) is 0 Å². The summed E-state index contributed by atoms with van der Waals surface area (Å²) < 4.78 is 5.09. The second kappa shape index (κ2) is 7.27. The van der Waals surface area contributed by atoms with Crippen LogP contribution in [0.25, 0.3) is 0 Å². The van der Waals surface area contributed by atoms with E-state index in [9.17, 15) is 0 Å². The maximum Gasteiger partial charge on any atom is 0.118 e. The molecule has 0 amide bonds. The molecule has 0 fully saturated rings. The van der Waals surface area contributed by atoms with E-state index >= 15 is 0 Å². The minimum absolute atomic E-state index is 0.0521. The summed E-state index contributed by atoms with van der Waals surface area (Å²) in [7, 11) is 1.65. The van der Waals surface area contributed by atoms with Gasteiger partial charge in [0.1, 0.15) is 5.75 Å². The molecule has 1 aromatic rings. The molecule has 4 heteroatoms. The molecule has 1 aromatic carbocycles. The number of hydrogen-bond donors (Lipinski definition) is 3. The van der Waals surface area contributed by atoms with Crippen molar-refractivity contribution in [3.05, 3.63) is 29.8 Å². The van der Waals surface area contributed by atoms with Crippen LogP contribution in [0.4, 0.5) is 0 Å². The number of benzene rings is 1. The fraction of sp³-hybridized carbons (Fsp3) is 0.538. The molecule has 0 heterocycles. The van der Waals surface area contributed by atoms with Crippen LogP contribution in [0.1, 0.15) is 12.5 Å². The highest BCUT2D eigenvalue weighted by Crippen LogP contribution is 2.12. The predicted molar refractivity (Wildman–Crippen MR) is 67.3 cm³/mol. The number of ether oxygens (including phenoxy) is 1. The highest BCUT2D eigenvalue weighted by Gasteiger charge is 2.10. The Labute approximate surface area is 102 Å². The Balaban J connectivity index is 2.46. The number of hydrogen-bond acceptors (Lipinski definition) is 4. The largest absolute Gasteiger partial charge is 0.497 e. The van der Waals surface area contributed by atoms with Gasteiger partial charge < -0.3 is 20.3 Å². The van der Waals surface area contributed by atoms with Gasteiger partial charge in [-0.1, -0.05) is 12.1 Å². The predicted octanol–water partition coefficient (Wildman–Crippen LogP) is 0.569. The van der Waals surface area contributed by atoms with Crippen LogP contribution in [0.3, 0.4) is 0 Å². The van der Waals surface area contributed by atoms with Gasteiger partial charge in [-0.2, -0.15) is 0 Å². The molecule has 0 aliphatic heterocycles. The first-order valence-electron chi connectivity index (χ1n) is 5.80. The maximum absolute atomic E-state index is 8.97. The van der Waals surface area contributed by atoms with Gasteiger partial charge in [0.2, 0.25) is 0 Å². The van der Waals surface area contributed by atoms with Crippen LogP contribution in [0.2, 0.25) is 0 Å². The van der Waals surface area contributed by atoms with Crippen molar-refractivity contribution < 1.29 is 14.9 Å². The zero-order chi connectivity index (χ0) is 12.7. The third kappa shape index (κ3) is 4.73. The van der Waals surface area contributed by atoms with Gasteiger partial charge in [-0.25, -0.2) is 0 Å². The first kappa shape index (κ1) is 14.0. The van der Waals surface area contributed by atoms with Crippen molar-refractivity contribution in [2.75, 3.05) is 20.3 Å². The Morgan fingerprint density at radius 3 is 2.24 bits per heavy atom. The Morgan fingerprint density at radius 1 is 1.18 bits per heavy atom. The second-order valence-electron chi connectivity index (χ2n) is 4.18. The van der Waals surface area contributed by atoms with E-state index in [0.717, 1.165) is 12.2 Å². The summed E-state index contributed by atoms with van der Waals surface area (Å²) in [6, 6.07) is 7.85. The molecule has 1 atom stereocenters.